The summed E-state index contributed by atoms with van der Waals surface area (Å²) in [5.41, 5.74) is 1.82. The summed E-state index contributed by atoms with van der Waals surface area (Å²) in [6, 6.07) is 11.6. The highest BCUT2D eigenvalue weighted by atomic mass is 16.2. The first-order chi connectivity index (χ1) is 9.10. The monoisotopic (exact) mass is 253 g/mol. The number of nitriles is 1. The third-order valence-corrected chi connectivity index (χ3v) is 2.58. The van der Waals surface area contributed by atoms with Gasteiger partial charge in [-0.15, -0.1) is 0 Å². The summed E-state index contributed by atoms with van der Waals surface area (Å²) in [7, 11) is 0. The van der Waals surface area contributed by atoms with E-state index in [9.17, 15) is 9.59 Å². The smallest absolute Gasteiger partial charge is 0.272 e. The van der Waals surface area contributed by atoms with Crippen molar-refractivity contribution in [2.45, 2.75) is 6.92 Å². The van der Waals surface area contributed by atoms with E-state index < -0.39 is 0 Å². The molecule has 0 aliphatic carbocycles. The number of anilines is 1. The molecule has 1 heterocycles. The molecule has 0 spiro atoms. The Morgan fingerprint density at radius 1 is 1.11 bits per heavy atom. The summed E-state index contributed by atoms with van der Waals surface area (Å²) in [4.78, 5) is 25.7. The number of rotatable bonds is 3. The molecule has 0 aliphatic heterocycles. The lowest BCUT2D eigenvalue weighted by atomic mass is 10.2. The molecule has 5 heteroatoms. The van der Waals surface area contributed by atoms with E-state index >= 15 is 0 Å². The minimum Gasteiger partial charge on any atom is -0.348 e. The second-order valence-corrected chi connectivity index (χ2v) is 3.99. The van der Waals surface area contributed by atoms with Crippen LogP contribution in [0.2, 0.25) is 0 Å². The Hall–Kier alpha value is -2.87. The fourth-order valence-corrected chi connectivity index (χ4v) is 1.56. The van der Waals surface area contributed by atoms with Crippen molar-refractivity contribution in [1.82, 2.24) is 4.98 Å². The third kappa shape index (κ3) is 2.87. The van der Waals surface area contributed by atoms with Gasteiger partial charge in [-0.25, -0.2) is 0 Å². The van der Waals surface area contributed by atoms with Crippen LogP contribution >= 0.6 is 0 Å². The number of nitrogens with one attached hydrogen (secondary N) is 2. The maximum atomic E-state index is 11.9. The van der Waals surface area contributed by atoms with E-state index in [1.807, 2.05) is 6.07 Å². The lowest BCUT2D eigenvalue weighted by molar-refractivity contribution is 0.101. The number of Topliss-reactive ketones (excluding diaryl/α,β-unsaturated/α-hetero) is 1. The first-order valence-electron chi connectivity index (χ1n) is 5.61. The number of aromatic amines is 1. The Balaban J connectivity index is 2.11. The zero-order valence-electron chi connectivity index (χ0n) is 10.2. The van der Waals surface area contributed by atoms with Crippen molar-refractivity contribution in [2.24, 2.45) is 0 Å². The lowest BCUT2D eigenvalue weighted by Crippen LogP contribution is -2.12. The average molecular weight is 253 g/mol. The Labute approximate surface area is 109 Å². The fourth-order valence-electron chi connectivity index (χ4n) is 1.56. The number of amides is 1. The molecule has 94 valence electrons. The number of ketones is 1. The molecule has 0 unspecified atom stereocenters. The number of benzene rings is 1. The van der Waals surface area contributed by atoms with Gasteiger partial charge < -0.3 is 10.3 Å². The molecule has 0 atom stereocenters. The first-order valence-corrected chi connectivity index (χ1v) is 5.61. The molecule has 0 bridgehead atoms. The van der Waals surface area contributed by atoms with Crippen LogP contribution in [0.3, 0.4) is 0 Å². The van der Waals surface area contributed by atoms with E-state index in [2.05, 4.69) is 10.3 Å². The summed E-state index contributed by atoms with van der Waals surface area (Å²) in [5.74, 6) is -0.463. The van der Waals surface area contributed by atoms with Gasteiger partial charge in [0, 0.05) is 12.6 Å². The predicted octanol–water partition coefficient (Wildman–Crippen LogP) is 2.34. The van der Waals surface area contributed by atoms with Gasteiger partial charge >= 0.3 is 0 Å². The molecule has 0 radical (unpaired) electrons. The summed E-state index contributed by atoms with van der Waals surface area (Å²) < 4.78 is 0. The molecular formula is C14H11N3O2. The van der Waals surface area contributed by atoms with Crippen molar-refractivity contribution in [1.29, 1.82) is 5.26 Å². The van der Waals surface area contributed by atoms with E-state index in [1.54, 1.807) is 36.4 Å². The van der Waals surface area contributed by atoms with E-state index in [1.165, 1.54) is 6.92 Å². The van der Waals surface area contributed by atoms with Crippen molar-refractivity contribution >= 4 is 17.4 Å². The van der Waals surface area contributed by atoms with Crippen LogP contribution in [0, 0.1) is 11.3 Å². The van der Waals surface area contributed by atoms with Crippen molar-refractivity contribution in [3.05, 3.63) is 53.3 Å². The highest BCUT2D eigenvalue weighted by molar-refractivity contribution is 6.04. The standard InChI is InChI=1S/C14H11N3O2/c1-9(18)12-6-7-13(17-12)14(19)16-11-4-2-10(8-15)3-5-11/h2-7,17H,1H3,(H,16,19). The molecule has 1 amide bonds. The van der Waals surface area contributed by atoms with Gasteiger partial charge in [-0.1, -0.05) is 0 Å². The SMILES string of the molecule is CC(=O)c1ccc(C(=O)Nc2ccc(C#N)cc2)[nH]1. The van der Waals surface area contributed by atoms with Crippen LogP contribution in [0.4, 0.5) is 5.69 Å². The normalized spacial score (nSPS) is 9.68. The Kier molecular flexibility index (Phi) is 3.44. The van der Waals surface area contributed by atoms with Crippen LogP contribution < -0.4 is 5.32 Å². The van der Waals surface area contributed by atoms with E-state index in [4.69, 9.17) is 5.26 Å². The van der Waals surface area contributed by atoms with Gasteiger partial charge in [0.25, 0.3) is 5.91 Å². The molecule has 0 fully saturated rings. The van der Waals surface area contributed by atoms with Crippen LogP contribution in [0.15, 0.2) is 36.4 Å². The van der Waals surface area contributed by atoms with Gasteiger partial charge in [0.1, 0.15) is 5.69 Å². The van der Waals surface area contributed by atoms with Crippen LogP contribution in [0.25, 0.3) is 0 Å². The largest absolute Gasteiger partial charge is 0.348 e. The predicted molar refractivity (Wildman–Crippen MR) is 69.9 cm³/mol. The summed E-state index contributed by atoms with van der Waals surface area (Å²) >= 11 is 0. The maximum Gasteiger partial charge on any atom is 0.272 e. The molecule has 0 saturated carbocycles. The summed E-state index contributed by atoms with van der Waals surface area (Å²) in [6.45, 7) is 1.42. The number of nitrogens with zero attached hydrogens (tertiary/aromatic N) is 1. The zero-order chi connectivity index (χ0) is 13.8. The molecule has 0 aliphatic rings. The molecule has 2 N–H and O–H groups in total. The molecule has 19 heavy (non-hydrogen) atoms. The van der Waals surface area contributed by atoms with Gasteiger partial charge in [-0.3, -0.25) is 9.59 Å². The van der Waals surface area contributed by atoms with Gasteiger partial charge in [0.05, 0.1) is 17.3 Å². The summed E-state index contributed by atoms with van der Waals surface area (Å²) in [5, 5.41) is 11.3. The molecule has 1 aromatic heterocycles. The van der Waals surface area contributed by atoms with Gasteiger partial charge in [-0.05, 0) is 36.4 Å². The highest BCUT2D eigenvalue weighted by Gasteiger charge is 2.10. The molecule has 2 aromatic rings. The van der Waals surface area contributed by atoms with E-state index in [0.717, 1.165) is 0 Å². The van der Waals surface area contributed by atoms with E-state index in [0.29, 0.717) is 22.6 Å². The van der Waals surface area contributed by atoms with E-state index in [-0.39, 0.29) is 11.7 Å². The quantitative estimate of drug-likeness (QED) is 0.823. The van der Waals surface area contributed by atoms with Gasteiger partial charge in [0.15, 0.2) is 5.78 Å². The van der Waals surface area contributed by atoms with Gasteiger partial charge in [0.2, 0.25) is 0 Å². The zero-order valence-corrected chi connectivity index (χ0v) is 10.2. The molecule has 0 saturated heterocycles. The van der Waals surface area contributed by atoms with Crippen molar-refractivity contribution in [3.8, 4) is 6.07 Å². The van der Waals surface area contributed by atoms with Crippen molar-refractivity contribution in [3.63, 3.8) is 0 Å². The topological polar surface area (TPSA) is 85.8 Å². The third-order valence-electron chi connectivity index (χ3n) is 2.58. The molecule has 5 nitrogen and oxygen atoms in total. The minimum atomic E-state index is -0.336. The van der Waals surface area contributed by atoms with Gasteiger partial charge in [-0.2, -0.15) is 5.26 Å². The average Bonchev–Trinajstić information content (AvgIpc) is 2.89. The lowest BCUT2D eigenvalue weighted by Gasteiger charge is -2.03. The number of aromatic nitrogens is 1. The Bertz CT molecular complexity index is 663. The number of hydrogen-bond donors (Lipinski definition) is 2. The minimum absolute atomic E-state index is 0.127. The second-order valence-electron chi connectivity index (χ2n) is 3.99. The molecule has 1 aromatic carbocycles. The first kappa shape index (κ1) is 12.6. The van der Waals surface area contributed by atoms with Crippen LogP contribution in [-0.4, -0.2) is 16.7 Å². The van der Waals surface area contributed by atoms with Crippen molar-refractivity contribution in [2.75, 3.05) is 5.32 Å². The maximum absolute atomic E-state index is 11.9. The fraction of sp³-hybridized carbons (Fsp3) is 0.0714. The van der Waals surface area contributed by atoms with Crippen LogP contribution in [0.1, 0.15) is 33.5 Å². The number of hydrogen-bond acceptors (Lipinski definition) is 3. The van der Waals surface area contributed by atoms with Crippen molar-refractivity contribution < 1.29 is 9.59 Å². The van der Waals surface area contributed by atoms with Crippen LogP contribution in [-0.2, 0) is 0 Å². The molecule has 2 rings (SSSR count). The Morgan fingerprint density at radius 2 is 1.74 bits per heavy atom. The number of H-pyrrole nitrogens is 1. The number of carbonyl (C=O) groups is 2. The second kappa shape index (κ2) is 5.19. The summed E-state index contributed by atoms with van der Waals surface area (Å²) in [6.07, 6.45) is 0. The Morgan fingerprint density at radius 3 is 2.26 bits per heavy atom. The van der Waals surface area contributed by atoms with Crippen LogP contribution in [0.5, 0.6) is 0 Å². The molecular weight excluding hydrogens is 242 g/mol. The highest BCUT2D eigenvalue weighted by Crippen LogP contribution is 2.11. The number of carbonyl (C=O) groups excluding carboxylic acids is 2.